The molecular formula is C8H15NO. The molecule has 0 unspecified atom stereocenters. The maximum atomic E-state index is 4.94. The van der Waals surface area contributed by atoms with Gasteiger partial charge in [0, 0.05) is 6.92 Å². The molecule has 0 aliphatic carbocycles. The molecular weight excluding hydrogens is 126 g/mol. The number of aryl methyl sites for hydroxylation is 2. The molecule has 1 heterocycles. The maximum absolute atomic E-state index is 4.94. The number of hydrogen-bond acceptors (Lipinski definition) is 2. The van der Waals surface area contributed by atoms with E-state index in [1.54, 1.807) is 6.26 Å². The molecule has 0 atom stereocenters. The average molecular weight is 141 g/mol. The van der Waals surface area contributed by atoms with Crippen LogP contribution < -0.4 is 0 Å². The minimum absolute atomic E-state index is 0.752. The van der Waals surface area contributed by atoms with E-state index in [4.69, 9.17) is 4.42 Å². The Labute approximate surface area is 62.3 Å². The summed E-state index contributed by atoms with van der Waals surface area (Å²) < 4.78 is 4.94. The van der Waals surface area contributed by atoms with Crippen LogP contribution >= 0.6 is 0 Å². The van der Waals surface area contributed by atoms with Gasteiger partial charge in [0.2, 0.25) is 0 Å². The maximum Gasteiger partial charge on any atom is 0.191 e. The van der Waals surface area contributed by atoms with Crippen molar-refractivity contribution in [3.8, 4) is 0 Å². The molecule has 0 fully saturated rings. The summed E-state index contributed by atoms with van der Waals surface area (Å²) in [7, 11) is 0. The highest BCUT2D eigenvalue weighted by Crippen LogP contribution is 1.99. The van der Waals surface area contributed by atoms with Crippen LogP contribution in [0.2, 0.25) is 0 Å². The fraction of sp³-hybridized carbons (Fsp3) is 0.625. The summed E-state index contributed by atoms with van der Waals surface area (Å²) in [6, 6.07) is 0. The second-order valence-corrected chi connectivity index (χ2v) is 1.71. The van der Waals surface area contributed by atoms with Crippen molar-refractivity contribution in [1.82, 2.24) is 4.98 Å². The Hall–Kier alpha value is -0.790. The molecule has 10 heavy (non-hydrogen) atoms. The summed E-state index contributed by atoms with van der Waals surface area (Å²) in [6.45, 7) is 7.90. The van der Waals surface area contributed by atoms with Crippen molar-refractivity contribution >= 4 is 0 Å². The van der Waals surface area contributed by atoms with E-state index in [0.29, 0.717) is 0 Å². The van der Waals surface area contributed by atoms with Gasteiger partial charge >= 0.3 is 0 Å². The van der Waals surface area contributed by atoms with Crippen molar-refractivity contribution in [3.05, 3.63) is 17.8 Å². The van der Waals surface area contributed by atoms with E-state index in [9.17, 15) is 0 Å². The molecule has 0 aromatic carbocycles. The first kappa shape index (κ1) is 9.21. The number of aromatic nitrogens is 1. The minimum Gasteiger partial charge on any atom is -0.449 e. The van der Waals surface area contributed by atoms with Crippen LogP contribution in [0, 0.1) is 6.92 Å². The Morgan fingerprint density at radius 2 is 2.10 bits per heavy atom. The van der Waals surface area contributed by atoms with Crippen LogP contribution in [0.25, 0.3) is 0 Å². The molecule has 0 aliphatic heterocycles. The molecule has 2 nitrogen and oxygen atoms in total. The summed E-state index contributed by atoms with van der Waals surface area (Å²) in [5.41, 5.74) is 1.03. The molecule has 1 aromatic rings. The van der Waals surface area contributed by atoms with Gasteiger partial charge in [-0.2, -0.15) is 0 Å². The predicted molar refractivity (Wildman–Crippen MR) is 42.0 cm³/mol. The van der Waals surface area contributed by atoms with E-state index in [2.05, 4.69) is 11.9 Å². The van der Waals surface area contributed by atoms with E-state index < -0.39 is 0 Å². The smallest absolute Gasteiger partial charge is 0.191 e. The van der Waals surface area contributed by atoms with E-state index in [1.807, 2.05) is 20.8 Å². The Bertz CT molecular complexity index is 170. The largest absolute Gasteiger partial charge is 0.449 e. The normalized spacial score (nSPS) is 8.40. The standard InChI is InChI=1S/C6H9NO.C2H6/c1-3-6-4-8-5(2)7-6;1-2/h4H,3H2,1-2H3;1-2H3. The lowest BCUT2D eigenvalue weighted by molar-refractivity contribution is 0.520. The summed E-state index contributed by atoms with van der Waals surface area (Å²) in [5, 5.41) is 0. The fourth-order valence-electron chi connectivity index (χ4n) is 0.571. The lowest BCUT2D eigenvalue weighted by atomic mass is 10.4. The van der Waals surface area contributed by atoms with Crippen LogP contribution in [-0.4, -0.2) is 4.98 Å². The first-order valence-corrected chi connectivity index (χ1v) is 3.74. The molecule has 0 saturated carbocycles. The van der Waals surface area contributed by atoms with Gasteiger partial charge in [0.15, 0.2) is 5.89 Å². The second kappa shape index (κ2) is 5.03. The third-order valence-corrected chi connectivity index (χ3v) is 1.03. The van der Waals surface area contributed by atoms with Crippen molar-refractivity contribution in [2.75, 3.05) is 0 Å². The van der Waals surface area contributed by atoms with Crippen LogP contribution in [0.4, 0.5) is 0 Å². The van der Waals surface area contributed by atoms with E-state index in [1.165, 1.54) is 0 Å². The molecule has 0 saturated heterocycles. The summed E-state index contributed by atoms with van der Waals surface area (Å²) in [6.07, 6.45) is 2.65. The summed E-state index contributed by atoms with van der Waals surface area (Å²) in [4.78, 5) is 4.06. The number of oxazole rings is 1. The van der Waals surface area contributed by atoms with E-state index in [-0.39, 0.29) is 0 Å². The van der Waals surface area contributed by atoms with Crippen LogP contribution in [0.15, 0.2) is 10.7 Å². The average Bonchev–Trinajstić information content (AvgIpc) is 2.40. The van der Waals surface area contributed by atoms with Gasteiger partial charge < -0.3 is 4.42 Å². The predicted octanol–water partition coefficient (Wildman–Crippen LogP) is 2.57. The molecule has 1 aromatic heterocycles. The molecule has 0 radical (unpaired) electrons. The second-order valence-electron chi connectivity index (χ2n) is 1.71. The van der Waals surface area contributed by atoms with Crippen molar-refractivity contribution in [1.29, 1.82) is 0 Å². The highest BCUT2D eigenvalue weighted by Gasteiger charge is 1.92. The van der Waals surface area contributed by atoms with Gasteiger partial charge in [0.1, 0.15) is 6.26 Å². The van der Waals surface area contributed by atoms with E-state index >= 15 is 0 Å². The van der Waals surface area contributed by atoms with Gasteiger partial charge in [0.25, 0.3) is 0 Å². The molecule has 0 N–H and O–H groups in total. The Morgan fingerprint density at radius 1 is 1.50 bits per heavy atom. The third-order valence-electron chi connectivity index (χ3n) is 1.03. The molecule has 0 spiro atoms. The quantitative estimate of drug-likeness (QED) is 0.600. The SMILES string of the molecule is CC.CCc1coc(C)n1. The number of rotatable bonds is 1. The molecule has 0 amide bonds. The number of hydrogen-bond donors (Lipinski definition) is 0. The van der Waals surface area contributed by atoms with E-state index in [0.717, 1.165) is 18.0 Å². The zero-order valence-corrected chi connectivity index (χ0v) is 7.14. The highest BCUT2D eigenvalue weighted by atomic mass is 16.3. The zero-order chi connectivity index (χ0) is 7.98. The fourth-order valence-corrected chi connectivity index (χ4v) is 0.571. The van der Waals surface area contributed by atoms with Gasteiger partial charge in [-0.15, -0.1) is 0 Å². The molecule has 0 aliphatic rings. The molecule has 1 rings (SSSR count). The van der Waals surface area contributed by atoms with Gasteiger partial charge in [-0.05, 0) is 6.42 Å². The summed E-state index contributed by atoms with van der Waals surface area (Å²) >= 11 is 0. The van der Waals surface area contributed by atoms with Crippen molar-refractivity contribution < 1.29 is 4.42 Å². The van der Waals surface area contributed by atoms with Gasteiger partial charge in [-0.1, -0.05) is 20.8 Å². The minimum atomic E-state index is 0.752. The van der Waals surface area contributed by atoms with Gasteiger partial charge in [-0.25, -0.2) is 4.98 Å². The van der Waals surface area contributed by atoms with Crippen molar-refractivity contribution in [2.45, 2.75) is 34.1 Å². The van der Waals surface area contributed by atoms with Crippen molar-refractivity contribution in [3.63, 3.8) is 0 Å². The van der Waals surface area contributed by atoms with Crippen molar-refractivity contribution in [2.24, 2.45) is 0 Å². The zero-order valence-electron chi connectivity index (χ0n) is 7.14. The van der Waals surface area contributed by atoms with Crippen LogP contribution in [0.3, 0.4) is 0 Å². The van der Waals surface area contributed by atoms with Crippen LogP contribution in [-0.2, 0) is 6.42 Å². The molecule has 0 bridgehead atoms. The Morgan fingerprint density at radius 3 is 2.30 bits per heavy atom. The Kier molecular flexibility index (Phi) is 4.63. The third kappa shape index (κ3) is 2.67. The highest BCUT2D eigenvalue weighted by molar-refractivity contribution is 4.93. The van der Waals surface area contributed by atoms with Gasteiger partial charge in [0.05, 0.1) is 5.69 Å². The Balaban J connectivity index is 0.000000371. The van der Waals surface area contributed by atoms with Crippen LogP contribution in [0.5, 0.6) is 0 Å². The van der Waals surface area contributed by atoms with Crippen LogP contribution in [0.1, 0.15) is 32.4 Å². The summed E-state index contributed by atoms with van der Waals surface area (Å²) in [5.74, 6) is 0.752. The lowest BCUT2D eigenvalue weighted by Gasteiger charge is -1.76. The number of nitrogens with zero attached hydrogens (tertiary/aromatic N) is 1. The molecule has 2 heteroatoms. The first-order valence-electron chi connectivity index (χ1n) is 3.74. The first-order chi connectivity index (χ1) is 4.83. The lowest BCUT2D eigenvalue weighted by Crippen LogP contribution is -1.76. The monoisotopic (exact) mass is 141 g/mol. The van der Waals surface area contributed by atoms with Gasteiger partial charge in [-0.3, -0.25) is 0 Å². The molecule has 58 valence electrons. The topological polar surface area (TPSA) is 26.0 Å².